The molecule has 0 saturated heterocycles. The Morgan fingerprint density at radius 3 is 2.25 bits per heavy atom. The van der Waals surface area contributed by atoms with E-state index in [0.29, 0.717) is 0 Å². The predicted molar refractivity (Wildman–Crippen MR) is 29.7 cm³/mol. The molecule has 0 saturated carbocycles. The average molecular weight is 113 g/mol. The van der Waals surface area contributed by atoms with Crippen LogP contribution in [0.1, 0.15) is 20.3 Å². The second-order valence-electron chi connectivity index (χ2n) is 1.68. The van der Waals surface area contributed by atoms with Crippen molar-refractivity contribution in [2.75, 3.05) is 0 Å². The standard InChI is InChI=1S/C6H9O2/c1-3-5(2)4-6(7)8/h3H,4H2,1-2H3. The molecule has 0 unspecified atom stereocenters. The van der Waals surface area contributed by atoms with Gasteiger partial charge in [-0.05, 0) is 13.8 Å². The van der Waals surface area contributed by atoms with Crippen molar-refractivity contribution in [1.29, 1.82) is 0 Å². The molecule has 0 N–H and O–H groups in total. The van der Waals surface area contributed by atoms with Crippen molar-refractivity contribution in [3.63, 3.8) is 0 Å². The highest BCUT2D eigenvalue weighted by Gasteiger charge is 1.97. The molecule has 0 aliphatic carbocycles. The number of hydrogen-bond acceptors (Lipinski definition) is 1. The van der Waals surface area contributed by atoms with Crippen LogP contribution in [-0.4, -0.2) is 5.97 Å². The molecule has 0 heterocycles. The summed E-state index contributed by atoms with van der Waals surface area (Å²) < 4.78 is 0. The molecule has 0 spiro atoms. The van der Waals surface area contributed by atoms with E-state index >= 15 is 0 Å². The van der Waals surface area contributed by atoms with Crippen molar-refractivity contribution >= 4 is 5.97 Å². The van der Waals surface area contributed by atoms with Crippen LogP contribution in [0.25, 0.3) is 0 Å². The minimum atomic E-state index is -1.01. The highest BCUT2D eigenvalue weighted by atomic mass is 16.4. The summed E-state index contributed by atoms with van der Waals surface area (Å²) >= 11 is 0. The van der Waals surface area contributed by atoms with Crippen LogP contribution in [0.2, 0.25) is 0 Å². The van der Waals surface area contributed by atoms with E-state index in [0.717, 1.165) is 5.57 Å². The van der Waals surface area contributed by atoms with E-state index in [9.17, 15) is 9.90 Å². The van der Waals surface area contributed by atoms with E-state index in [-0.39, 0.29) is 6.42 Å². The Hall–Kier alpha value is -0.790. The Balaban J connectivity index is 3.56. The summed E-state index contributed by atoms with van der Waals surface area (Å²) in [5.74, 6) is -1.01. The van der Waals surface area contributed by atoms with Crippen molar-refractivity contribution in [1.82, 2.24) is 0 Å². The first-order chi connectivity index (χ1) is 3.66. The SMILES string of the molecule is CC=C(C)CC([O])=O. The number of carbonyl (C=O) groups is 1. The Labute approximate surface area is 48.8 Å². The van der Waals surface area contributed by atoms with Crippen LogP contribution in [0.4, 0.5) is 0 Å². The molecule has 0 bridgehead atoms. The van der Waals surface area contributed by atoms with Crippen LogP contribution < -0.4 is 0 Å². The van der Waals surface area contributed by atoms with E-state index in [1.807, 2.05) is 0 Å². The van der Waals surface area contributed by atoms with Crippen LogP contribution in [0, 0.1) is 0 Å². The molecular weight excluding hydrogens is 104 g/mol. The van der Waals surface area contributed by atoms with E-state index in [1.165, 1.54) is 0 Å². The predicted octanol–water partition coefficient (Wildman–Crippen LogP) is 1.30. The molecule has 2 nitrogen and oxygen atoms in total. The van der Waals surface area contributed by atoms with E-state index in [1.54, 1.807) is 19.9 Å². The molecule has 0 aromatic rings. The lowest BCUT2D eigenvalue weighted by atomic mass is 10.2. The van der Waals surface area contributed by atoms with E-state index in [2.05, 4.69) is 0 Å². The van der Waals surface area contributed by atoms with Gasteiger partial charge in [0.05, 0.1) is 6.42 Å². The molecule has 0 amide bonds. The van der Waals surface area contributed by atoms with E-state index < -0.39 is 5.97 Å². The van der Waals surface area contributed by atoms with Crippen molar-refractivity contribution < 1.29 is 9.90 Å². The van der Waals surface area contributed by atoms with Gasteiger partial charge in [0.15, 0.2) is 0 Å². The third kappa shape index (κ3) is 3.40. The first kappa shape index (κ1) is 7.21. The first-order valence-electron chi connectivity index (χ1n) is 2.48. The molecule has 0 aromatic carbocycles. The number of carbonyl (C=O) groups excluding carboxylic acids is 1. The Morgan fingerprint density at radius 2 is 2.12 bits per heavy atom. The minimum Gasteiger partial charge on any atom is -0.247 e. The van der Waals surface area contributed by atoms with Gasteiger partial charge in [-0.2, -0.15) is 0 Å². The topological polar surface area (TPSA) is 37.0 Å². The maximum absolute atomic E-state index is 9.82. The molecular formula is C6H9O2. The van der Waals surface area contributed by atoms with Crippen LogP contribution in [0.15, 0.2) is 11.6 Å². The monoisotopic (exact) mass is 113 g/mol. The largest absolute Gasteiger partial charge is 0.359 e. The second-order valence-corrected chi connectivity index (χ2v) is 1.68. The van der Waals surface area contributed by atoms with Gasteiger partial charge < -0.3 is 0 Å². The summed E-state index contributed by atoms with van der Waals surface area (Å²) in [6, 6.07) is 0. The summed E-state index contributed by atoms with van der Waals surface area (Å²) in [7, 11) is 0. The average Bonchev–Trinajstić information content (AvgIpc) is 1.65. The van der Waals surface area contributed by atoms with Crippen LogP contribution >= 0.6 is 0 Å². The third-order valence-electron chi connectivity index (χ3n) is 0.916. The molecule has 45 valence electrons. The zero-order valence-corrected chi connectivity index (χ0v) is 5.10. The second kappa shape index (κ2) is 3.24. The molecule has 0 aromatic heterocycles. The van der Waals surface area contributed by atoms with Gasteiger partial charge >= 0.3 is 5.97 Å². The summed E-state index contributed by atoms with van der Waals surface area (Å²) in [6.07, 6.45) is 1.81. The van der Waals surface area contributed by atoms with Gasteiger partial charge in [-0.3, -0.25) is 0 Å². The molecule has 0 aliphatic heterocycles. The molecule has 1 radical (unpaired) electrons. The van der Waals surface area contributed by atoms with Crippen LogP contribution in [0.3, 0.4) is 0 Å². The molecule has 8 heavy (non-hydrogen) atoms. The van der Waals surface area contributed by atoms with Gasteiger partial charge in [-0.15, -0.1) is 0 Å². The van der Waals surface area contributed by atoms with Crippen molar-refractivity contribution in [2.24, 2.45) is 0 Å². The van der Waals surface area contributed by atoms with Gasteiger partial charge in [-0.25, -0.2) is 9.90 Å². The van der Waals surface area contributed by atoms with Gasteiger partial charge in [0.25, 0.3) is 0 Å². The van der Waals surface area contributed by atoms with Crippen molar-refractivity contribution in [2.45, 2.75) is 20.3 Å². The molecule has 0 rings (SSSR count). The van der Waals surface area contributed by atoms with Gasteiger partial charge in [0.1, 0.15) is 0 Å². The third-order valence-corrected chi connectivity index (χ3v) is 0.916. The summed E-state index contributed by atoms with van der Waals surface area (Å²) in [5.41, 5.74) is 0.838. The lowest BCUT2D eigenvalue weighted by molar-refractivity contribution is -0.142. The Morgan fingerprint density at radius 1 is 1.62 bits per heavy atom. The quantitative estimate of drug-likeness (QED) is 0.497. The summed E-state index contributed by atoms with van der Waals surface area (Å²) in [6.45, 7) is 3.56. The highest BCUT2D eigenvalue weighted by Crippen LogP contribution is 1.97. The normalized spacial score (nSPS) is 11.5. The summed E-state index contributed by atoms with van der Waals surface area (Å²) in [4.78, 5) is 9.82. The maximum Gasteiger partial charge on any atom is 0.359 e. The van der Waals surface area contributed by atoms with Gasteiger partial charge in [-0.1, -0.05) is 11.6 Å². The lowest BCUT2D eigenvalue weighted by Crippen LogP contribution is -1.91. The van der Waals surface area contributed by atoms with Gasteiger partial charge in [0, 0.05) is 0 Å². The number of allylic oxidation sites excluding steroid dienone is 1. The maximum atomic E-state index is 9.82. The fourth-order valence-corrected chi connectivity index (χ4v) is 0.330. The zero-order valence-electron chi connectivity index (χ0n) is 5.10. The Kier molecular flexibility index (Phi) is 2.92. The van der Waals surface area contributed by atoms with Gasteiger partial charge in [0.2, 0.25) is 0 Å². The summed E-state index contributed by atoms with van der Waals surface area (Å²) in [5, 5.41) is 9.82. The molecule has 2 heteroatoms. The van der Waals surface area contributed by atoms with Crippen LogP contribution in [0.5, 0.6) is 0 Å². The fraction of sp³-hybridized carbons (Fsp3) is 0.500. The number of rotatable bonds is 2. The Bertz CT molecular complexity index is 114. The highest BCUT2D eigenvalue weighted by molar-refractivity contribution is 5.69. The molecule has 0 fully saturated rings. The van der Waals surface area contributed by atoms with E-state index in [4.69, 9.17) is 0 Å². The van der Waals surface area contributed by atoms with Crippen molar-refractivity contribution in [3.8, 4) is 0 Å². The van der Waals surface area contributed by atoms with Crippen LogP contribution in [-0.2, 0) is 9.90 Å². The molecule has 0 aliphatic rings. The fourth-order valence-electron chi connectivity index (χ4n) is 0.330. The number of hydrogen-bond donors (Lipinski definition) is 0. The smallest absolute Gasteiger partial charge is 0.247 e. The first-order valence-corrected chi connectivity index (χ1v) is 2.48. The van der Waals surface area contributed by atoms with Crippen molar-refractivity contribution in [3.05, 3.63) is 11.6 Å². The lowest BCUT2D eigenvalue weighted by Gasteiger charge is -1.87. The molecule has 0 atom stereocenters. The minimum absolute atomic E-state index is 0.0521. The zero-order chi connectivity index (χ0) is 6.57.